The lowest BCUT2D eigenvalue weighted by Crippen LogP contribution is -2.10. The highest BCUT2D eigenvalue weighted by Crippen LogP contribution is 2.29. The van der Waals surface area contributed by atoms with E-state index in [9.17, 15) is 0 Å². The van der Waals surface area contributed by atoms with Crippen LogP contribution in [0.3, 0.4) is 0 Å². The van der Waals surface area contributed by atoms with E-state index < -0.39 is 0 Å². The van der Waals surface area contributed by atoms with Gasteiger partial charge < -0.3 is 0 Å². The SMILES string of the molecule is Cc1ccccc1C1C=CN=C1c1ccccc1. The molecule has 1 aliphatic rings. The summed E-state index contributed by atoms with van der Waals surface area (Å²) >= 11 is 0. The number of aliphatic imine (C=N–C) groups is 1. The molecular weight excluding hydrogens is 218 g/mol. The van der Waals surface area contributed by atoms with Gasteiger partial charge in [0.1, 0.15) is 0 Å². The number of aryl methyl sites for hydroxylation is 1. The molecule has 2 aromatic rings. The van der Waals surface area contributed by atoms with Gasteiger partial charge in [-0.3, -0.25) is 4.99 Å². The predicted octanol–water partition coefficient (Wildman–Crippen LogP) is 4.10. The molecular formula is C17H15N. The van der Waals surface area contributed by atoms with Crippen LogP contribution in [0.5, 0.6) is 0 Å². The van der Waals surface area contributed by atoms with Crippen LogP contribution in [-0.4, -0.2) is 5.71 Å². The summed E-state index contributed by atoms with van der Waals surface area (Å²) in [5.41, 5.74) is 5.01. The fourth-order valence-corrected chi connectivity index (χ4v) is 2.43. The van der Waals surface area contributed by atoms with Gasteiger partial charge in [0.2, 0.25) is 0 Å². The highest BCUT2D eigenvalue weighted by molar-refractivity contribution is 6.08. The first kappa shape index (κ1) is 11.0. The molecule has 1 unspecified atom stereocenters. The molecule has 3 rings (SSSR count). The molecule has 1 aliphatic heterocycles. The van der Waals surface area contributed by atoms with E-state index in [2.05, 4.69) is 66.5 Å². The third-order valence-corrected chi connectivity index (χ3v) is 3.38. The number of benzene rings is 2. The lowest BCUT2D eigenvalue weighted by Gasteiger charge is -2.15. The van der Waals surface area contributed by atoms with Gasteiger partial charge in [-0.1, -0.05) is 60.7 Å². The van der Waals surface area contributed by atoms with Gasteiger partial charge in [0.15, 0.2) is 0 Å². The van der Waals surface area contributed by atoms with Crippen molar-refractivity contribution >= 4 is 5.71 Å². The highest BCUT2D eigenvalue weighted by Gasteiger charge is 2.21. The summed E-state index contributed by atoms with van der Waals surface area (Å²) in [5.74, 6) is 0.286. The molecule has 0 fully saturated rings. The van der Waals surface area contributed by atoms with Crippen LogP contribution in [0.2, 0.25) is 0 Å². The fraction of sp³-hybridized carbons (Fsp3) is 0.118. The van der Waals surface area contributed by atoms with E-state index in [4.69, 9.17) is 0 Å². The quantitative estimate of drug-likeness (QED) is 0.740. The standard InChI is InChI=1S/C17H15N/c1-13-7-5-6-10-15(13)16-11-12-18-17(16)14-8-3-2-4-9-14/h2-12,16H,1H3. The van der Waals surface area contributed by atoms with E-state index in [0.717, 1.165) is 5.71 Å². The number of hydrogen-bond acceptors (Lipinski definition) is 1. The molecule has 2 aromatic carbocycles. The molecule has 0 spiro atoms. The van der Waals surface area contributed by atoms with Crippen molar-refractivity contribution in [3.8, 4) is 0 Å². The lowest BCUT2D eigenvalue weighted by atomic mass is 9.88. The van der Waals surface area contributed by atoms with Crippen molar-refractivity contribution in [2.24, 2.45) is 4.99 Å². The van der Waals surface area contributed by atoms with E-state index in [1.165, 1.54) is 16.7 Å². The van der Waals surface area contributed by atoms with Gasteiger partial charge in [0, 0.05) is 12.1 Å². The maximum Gasteiger partial charge on any atom is 0.0589 e. The van der Waals surface area contributed by atoms with E-state index in [-0.39, 0.29) is 5.92 Å². The minimum Gasteiger partial charge on any atom is -0.260 e. The number of allylic oxidation sites excluding steroid dienone is 1. The summed E-state index contributed by atoms with van der Waals surface area (Å²) in [5, 5.41) is 0. The zero-order valence-corrected chi connectivity index (χ0v) is 10.4. The zero-order chi connectivity index (χ0) is 12.4. The Bertz CT molecular complexity index is 609. The molecule has 0 aromatic heterocycles. The van der Waals surface area contributed by atoms with Crippen LogP contribution >= 0.6 is 0 Å². The number of hydrogen-bond donors (Lipinski definition) is 0. The van der Waals surface area contributed by atoms with E-state index in [0.29, 0.717) is 0 Å². The minimum absolute atomic E-state index is 0.286. The van der Waals surface area contributed by atoms with Crippen LogP contribution in [0.25, 0.3) is 0 Å². The highest BCUT2D eigenvalue weighted by atomic mass is 14.7. The van der Waals surface area contributed by atoms with Gasteiger partial charge in [-0.2, -0.15) is 0 Å². The Morgan fingerprint density at radius 3 is 2.39 bits per heavy atom. The first-order valence-corrected chi connectivity index (χ1v) is 6.21. The van der Waals surface area contributed by atoms with Crippen LogP contribution in [0.15, 0.2) is 71.9 Å². The first-order chi connectivity index (χ1) is 8.86. The van der Waals surface area contributed by atoms with Crippen molar-refractivity contribution in [1.82, 2.24) is 0 Å². The third-order valence-electron chi connectivity index (χ3n) is 3.38. The summed E-state index contributed by atoms with van der Waals surface area (Å²) in [6.45, 7) is 2.16. The number of nitrogens with zero attached hydrogens (tertiary/aromatic N) is 1. The summed E-state index contributed by atoms with van der Waals surface area (Å²) in [6.07, 6.45) is 4.09. The molecule has 1 heteroatoms. The largest absolute Gasteiger partial charge is 0.260 e. The average molecular weight is 233 g/mol. The molecule has 0 amide bonds. The number of rotatable bonds is 2. The Morgan fingerprint density at radius 2 is 1.61 bits per heavy atom. The Morgan fingerprint density at radius 1 is 0.889 bits per heavy atom. The Balaban J connectivity index is 2.02. The van der Waals surface area contributed by atoms with Crippen molar-refractivity contribution in [3.63, 3.8) is 0 Å². The zero-order valence-electron chi connectivity index (χ0n) is 10.4. The molecule has 1 nitrogen and oxygen atoms in total. The summed E-state index contributed by atoms with van der Waals surface area (Å²) in [4.78, 5) is 4.54. The second-order valence-electron chi connectivity index (χ2n) is 4.56. The maximum atomic E-state index is 4.54. The summed E-state index contributed by atoms with van der Waals surface area (Å²) in [6, 6.07) is 18.9. The van der Waals surface area contributed by atoms with Crippen molar-refractivity contribution in [1.29, 1.82) is 0 Å². The topological polar surface area (TPSA) is 12.4 Å². The monoisotopic (exact) mass is 233 g/mol. The molecule has 0 aliphatic carbocycles. The Kier molecular flexibility index (Phi) is 2.81. The normalized spacial score (nSPS) is 17.8. The minimum atomic E-state index is 0.286. The molecule has 0 bridgehead atoms. The van der Waals surface area contributed by atoms with Gasteiger partial charge in [-0.25, -0.2) is 0 Å². The van der Waals surface area contributed by atoms with Gasteiger partial charge in [0.05, 0.1) is 5.71 Å². The van der Waals surface area contributed by atoms with Gasteiger partial charge in [0.25, 0.3) is 0 Å². The van der Waals surface area contributed by atoms with E-state index in [1.807, 2.05) is 12.3 Å². The molecule has 1 atom stereocenters. The molecule has 1 heterocycles. The first-order valence-electron chi connectivity index (χ1n) is 6.21. The average Bonchev–Trinajstić information content (AvgIpc) is 2.89. The van der Waals surface area contributed by atoms with Crippen molar-refractivity contribution < 1.29 is 0 Å². The third kappa shape index (κ3) is 1.88. The summed E-state index contributed by atoms with van der Waals surface area (Å²) < 4.78 is 0. The molecule has 88 valence electrons. The second-order valence-corrected chi connectivity index (χ2v) is 4.56. The molecule has 0 saturated heterocycles. The molecule has 0 N–H and O–H groups in total. The maximum absolute atomic E-state index is 4.54. The van der Waals surface area contributed by atoms with Crippen LogP contribution < -0.4 is 0 Å². The van der Waals surface area contributed by atoms with Crippen LogP contribution in [0.1, 0.15) is 22.6 Å². The summed E-state index contributed by atoms with van der Waals surface area (Å²) in [7, 11) is 0. The van der Waals surface area contributed by atoms with Gasteiger partial charge in [-0.05, 0) is 23.6 Å². The molecule has 18 heavy (non-hydrogen) atoms. The van der Waals surface area contributed by atoms with Crippen LogP contribution in [-0.2, 0) is 0 Å². The lowest BCUT2D eigenvalue weighted by molar-refractivity contribution is 1.13. The Hall–Kier alpha value is -2.15. The van der Waals surface area contributed by atoms with Crippen molar-refractivity contribution in [3.05, 3.63) is 83.6 Å². The fourth-order valence-electron chi connectivity index (χ4n) is 2.43. The predicted molar refractivity (Wildman–Crippen MR) is 76.0 cm³/mol. The van der Waals surface area contributed by atoms with Gasteiger partial charge in [-0.15, -0.1) is 0 Å². The Labute approximate surface area is 108 Å². The van der Waals surface area contributed by atoms with E-state index >= 15 is 0 Å². The smallest absolute Gasteiger partial charge is 0.0589 e. The van der Waals surface area contributed by atoms with E-state index in [1.54, 1.807) is 0 Å². The second kappa shape index (κ2) is 4.61. The molecule has 0 saturated carbocycles. The van der Waals surface area contributed by atoms with Crippen LogP contribution in [0, 0.1) is 6.92 Å². The van der Waals surface area contributed by atoms with Crippen LogP contribution in [0.4, 0.5) is 0 Å². The van der Waals surface area contributed by atoms with Crippen molar-refractivity contribution in [2.75, 3.05) is 0 Å². The molecule has 0 radical (unpaired) electrons. The van der Waals surface area contributed by atoms with Gasteiger partial charge >= 0.3 is 0 Å². The van der Waals surface area contributed by atoms with Crippen molar-refractivity contribution in [2.45, 2.75) is 12.8 Å².